The van der Waals surface area contributed by atoms with E-state index in [-0.39, 0.29) is 0 Å². The lowest BCUT2D eigenvalue weighted by atomic mass is 9.91. The van der Waals surface area contributed by atoms with Gasteiger partial charge in [-0.2, -0.15) is 5.26 Å². The van der Waals surface area contributed by atoms with Gasteiger partial charge < -0.3 is 0 Å². The van der Waals surface area contributed by atoms with E-state index in [2.05, 4.69) is 37.1 Å². The topological polar surface area (TPSA) is 48.7 Å². The number of hydrogen-bond donors (Lipinski definition) is 1. The van der Waals surface area contributed by atoms with Gasteiger partial charge in [-0.05, 0) is 51.0 Å². The van der Waals surface area contributed by atoms with E-state index in [1.807, 2.05) is 12.1 Å². The van der Waals surface area contributed by atoms with Crippen LogP contribution in [-0.4, -0.2) is 22.3 Å². The van der Waals surface area contributed by atoms with Gasteiger partial charge in [-0.1, -0.05) is 18.5 Å². The van der Waals surface area contributed by atoms with E-state index in [4.69, 9.17) is 11.6 Å². The highest BCUT2D eigenvalue weighted by atomic mass is 35.5. The van der Waals surface area contributed by atoms with Gasteiger partial charge >= 0.3 is 0 Å². The fraction of sp³-hybridized carbons (Fsp3) is 0.600. The van der Waals surface area contributed by atoms with Gasteiger partial charge in [0.2, 0.25) is 0 Å². The van der Waals surface area contributed by atoms with Crippen LogP contribution >= 0.6 is 23.4 Å². The van der Waals surface area contributed by atoms with Crippen molar-refractivity contribution in [3.05, 3.63) is 23.4 Å². The number of thioether (sulfide) groups is 1. The van der Waals surface area contributed by atoms with Crippen LogP contribution < -0.4 is 5.32 Å². The van der Waals surface area contributed by atoms with Crippen LogP contribution in [0.1, 0.15) is 40.0 Å². The summed E-state index contributed by atoms with van der Waals surface area (Å²) in [6.45, 7) is 6.20. The molecule has 1 aromatic heterocycles. The zero-order valence-corrected chi connectivity index (χ0v) is 13.9. The van der Waals surface area contributed by atoms with Crippen molar-refractivity contribution in [3.63, 3.8) is 0 Å². The van der Waals surface area contributed by atoms with Crippen LogP contribution in [0.2, 0.25) is 5.02 Å². The molecule has 0 amide bonds. The summed E-state index contributed by atoms with van der Waals surface area (Å²) in [4.78, 5) is 4.25. The first-order valence-electron chi connectivity index (χ1n) is 6.95. The predicted molar refractivity (Wildman–Crippen MR) is 86.1 cm³/mol. The minimum absolute atomic E-state index is 0.312. The van der Waals surface area contributed by atoms with Gasteiger partial charge in [0.1, 0.15) is 10.6 Å². The number of aromatic nitrogens is 1. The molecule has 0 aliphatic carbocycles. The molecule has 5 heteroatoms. The van der Waals surface area contributed by atoms with Crippen molar-refractivity contribution in [1.82, 2.24) is 10.3 Å². The molecular formula is C15H22ClN3S. The maximum Gasteiger partial charge on any atom is 0.115 e. The number of hydrogen-bond acceptors (Lipinski definition) is 4. The summed E-state index contributed by atoms with van der Waals surface area (Å²) >= 11 is 7.72. The molecule has 0 saturated heterocycles. The highest BCUT2D eigenvalue weighted by molar-refractivity contribution is 7.99. The average molecular weight is 312 g/mol. The number of pyridine rings is 1. The minimum atomic E-state index is -0.414. The molecule has 0 spiro atoms. The molecular weight excluding hydrogens is 290 g/mol. The number of nitrogens with one attached hydrogen (secondary N) is 1. The van der Waals surface area contributed by atoms with E-state index in [1.54, 1.807) is 18.0 Å². The Hall–Kier alpha value is -0.760. The monoisotopic (exact) mass is 311 g/mol. The lowest BCUT2D eigenvalue weighted by molar-refractivity contribution is 0.341. The third-order valence-corrected chi connectivity index (χ3v) is 4.60. The van der Waals surface area contributed by atoms with Gasteiger partial charge in [-0.3, -0.25) is 5.32 Å². The zero-order chi connectivity index (χ0) is 15.0. The number of nitriles is 1. The molecule has 1 N–H and O–H groups in total. The molecule has 0 aliphatic rings. The molecule has 110 valence electrons. The van der Waals surface area contributed by atoms with Gasteiger partial charge in [-0.15, -0.1) is 11.8 Å². The van der Waals surface area contributed by atoms with E-state index in [0.29, 0.717) is 11.1 Å². The third kappa shape index (κ3) is 5.32. The van der Waals surface area contributed by atoms with Crippen LogP contribution in [0.25, 0.3) is 0 Å². The molecule has 1 heterocycles. The largest absolute Gasteiger partial charge is 0.297 e. The number of halogens is 1. The maximum atomic E-state index is 9.43. The van der Waals surface area contributed by atoms with Crippen molar-refractivity contribution in [2.24, 2.45) is 0 Å². The van der Waals surface area contributed by atoms with Gasteiger partial charge in [0.15, 0.2) is 0 Å². The minimum Gasteiger partial charge on any atom is -0.297 e. The maximum absolute atomic E-state index is 9.43. The van der Waals surface area contributed by atoms with Crippen LogP contribution in [0, 0.1) is 11.3 Å². The summed E-state index contributed by atoms with van der Waals surface area (Å²) in [6.07, 6.45) is 4.37. The second-order valence-electron chi connectivity index (χ2n) is 5.09. The first kappa shape index (κ1) is 17.3. The smallest absolute Gasteiger partial charge is 0.115 e. The Morgan fingerprint density at radius 1 is 1.55 bits per heavy atom. The molecule has 1 unspecified atom stereocenters. The zero-order valence-electron chi connectivity index (χ0n) is 12.3. The van der Waals surface area contributed by atoms with Crippen LogP contribution in [0.4, 0.5) is 0 Å². The predicted octanol–water partition coefficient (Wildman–Crippen LogP) is 4.28. The molecule has 1 rings (SSSR count). The molecule has 0 aliphatic heterocycles. The Morgan fingerprint density at radius 3 is 2.85 bits per heavy atom. The summed E-state index contributed by atoms with van der Waals surface area (Å²) < 4.78 is 0. The van der Waals surface area contributed by atoms with E-state index in [0.717, 1.165) is 30.0 Å². The van der Waals surface area contributed by atoms with Crippen molar-refractivity contribution < 1.29 is 0 Å². The summed E-state index contributed by atoms with van der Waals surface area (Å²) in [5, 5.41) is 14.4. The first-order valence-corrected chi connectivity index (χ1v) is 8.31. The molecule has 1 atom stereocenters. The van der Waals surface area contributed by atoms with Crippen LogP contribution in [0.5, 0.6) is 0 Å². The standard InChI is InChI=1S/C15H22ClN3S/c1-4-15(11-17,19-12(2)3)8-6-10-20-14-13(16)7-5-9-18-14/h5,7,9,12,19H,4,6,8,10H2,1-3H3. The molecule has 0 saturated carbocycles. The highest BCUT2D eigenvalue weighted by Crippen LogP contribution is 2.26. The second kappa shape index (κ2) is 8.51. The number of rotatable bonds is 8. The van der Waals surface area contributed by atoms with Gasteiger partial charge in [0.25, 0.3) is 0 Å². The summed E-state index contributed by atoms with van der Waals surface area (Å²) in [7, 11) is 0. The van der Waals surface area contributed by atoms with Crippen LogP contribution in [0.15, 0.2) is 23.4 Å². The van der Waals surface area contributed by atoms with E-state index in [9.17, 15) is 5.26 Å². The fourth-order valence-electron chi connectivity index (χ4n) is 2.09. The first-order chi connectivity index (χ1) is 9.53. The number of nitrogens with zero attached hydrogens (tertiary/aromatic N) is 2. The molecule has 0 aromatic carbocycles. The second-order valence-corrected chi connectivity index (χ2v) is 6.58. The fourth-order valence-corrected chi connectivity index (χ4v) is 3.20. The van der Waals surface area contributed by atoms with Crippen LogP contribution in [-0.2, 0) is 0 Å². The quantitative estimate of drug-likeness (QED) is 0.575. The molecule has 0 bridgehead atoms. The molecule has 0 radical (unpaired) electrons. The average Bonchev–Trinajstić information content (AvgIpc) is 2.43. The lowest BCUT2D eigenvalue weighted by Gasteiger charge is -2.29. The van der Waals surface area contributed by atoms with Crippen molar-refractivity contribution in [3.8, 4) is 6.07 Å². The Morgan fingerprint density at radius 2 is 2.30 bits per heavy atom. The van der Waals surface area contributed by atoms with Gasteiger partial charge in [0.05, 0.1) is 11.1 Å². The summed E-state index contributed by atoms with van der Waals surface area (Å²) in [5.41, 5.74) is -0.414. The Balaban J connectivity index is 2.46. The highest BCUT2D eigenvalue weighted by Gasteiger charge is 2.27. The van der Waals surface area contributed by atoms with Crippen molar-refractivity contribution in [2.75, 3.05) is 5.75 Å². The SMILES string of the molecule is CCC(C#N)(CCCSc1ncccc1Cl)NC(C)C. The van der Waals surface area contributed by atoms with Crippen molar-refractivity contribution in [2.45, 2.75) is 56.6 Å². The Bertz CT molecular complexity index is 459. The molecule has 3 nitrogen and oxygen atoms in total. The van der Waals surface area contributed by atoms with Gasteiger partial charge in [0, 0.05) is 12.2 Å². The lowest BCUT2D eigenvalue weighted by Crippen LogP contribution is -2.47. The van der Waals surface area contributed by atoms with E-state index >= 15 is 0 Å². The van der Waals surface area contributed by atoms with Crippen molar-refractivity contribution in [1.29, 1.82) is 5.26 Å². The van der Waals surface area contributed by atoms with Crippen LogP contribution in [0.3, 0.4) is 0 Å². The van der Waals surface area contributed by atoms with Gasteiger partial charge in [-0.25, -0.2) is 4.98 Å². The molecule has 1 aromatic rings. The Kier molecular flexibility index (Phi) is 7.36. The Labute approximate surface area is 131 Å². The molecule has 0 fully saturated rings. The van der Waals surface area contributed by atoms with E-state index in [1.165, 1.54) is 0 Å². The third-order valence-electron chi connectivity index (χ3n) is 3.09. The summed E-state index contributed by atoms with van der Waals surface area (Å²) in [5.74, 6) is 0.917. The van der Waals surface area contributed by atoms with Crippen molar-refractivity contribution >= 4 is 23.4 Å². The molecule has 20 heavy (non-hydrogen) atoms. The summed E-state index contributed by atoms with van der Waals surface area (Å²) in [6, 6.07) is 6.44. The normalized spacial score (nSPS) is 14.0. The van der Waals surface area contributed by atoms with E-state index < -0.39 is 5.54 Å².